The molecule has 2 aromatic carbocycles. The summed E-state index contributed by atoms with van der Waals surface area (Å²) in [6.07, 6.45) is 0. The van der Waals surface area contributed by atoms with Gasteiger partial charge in [-0.1, -0.05) is 24.8 Å². The van der Waals surface area contributed by atoms with Crippen LogP contribution in [0.2, 0.25) is 19.6 Å². The smallest absolute Gasteiger partial charge is 0.238 e. The maximum Gasteiger partial charge on any atom is 0.238 e. The van der Waals surface area contributed by atoms with Gasteiger partial charge in [0.1, 0.15) is 11.5 Å². The number of aromatic nitrogens is 1. The van der Waals surface area contributed by atoms with Crippen molar-refractivity contribution in [3.8, 4) is 22.6 Å². The average Bonchev–Trinajstić information content (AvgIpc) is 3.00. The third-order valence-electron chi connectivity index (χ3n) is 4.00. The van der Waals surface area contributed by atoms with E-state index in [1.54, 1.807) is 24.3 Å². The molecular weight excluding hydrogens is 371 g/mol. The molecule has 8 heteroatoms. The second-order valence-corrected chi connectivity index (χ2v) is 13.6. The molecular formula is C18H19FN2O3SSi. The van der Waals surface area contributed by atoms with Gasteiger partial charge >= 0.3 is 0 Å². The molecule has 0 spiro atoms. The van der Waals surface area contributed by atoms with Gasteiger partial charge in [0, 0.05) is 16.3 Å². The van der Waals surface area contributed by atoms with E-state index in [0.717, 1.165) is 16.3 Å². The van der Waals surface area contributed by atoms with E-state index >= 15 is 0 Å². The van der Waals surface area contributed by atoms with Crippen LogP contribution in [-0.2, 0) is 10.0 Å². The Labute approximate surface area is 152 Å². The van der Waals surface area contributed by atoms with Crippen LogP contribution in [0.1, 0.15) is 0 Å². The molecule has 5 nitrogen and oxygen atoms in total. The molecule has 0 saturated heterocycles. The lowest BCUT2D eigenvalue weighted by Crippen LogP contribution is -2.39. The molecule has 3 aromatic rings. The van der Waals surface area contributed by atoms with E-state index in [-0.39, 0.29) is 10.7 Å². The van der Waals surface area contributed by atoms with E-state index in [0.29, 0.717) is 11.5 Å². The number of nitrogens with zero attached hydrogens (tertiary/aromatic N) is 1. The van der Waals surface area contributed by atoms with Gasteiger partial charge < -0.3 is 4.52 Å². The van der Waals surface area contributed by atoms with Crippen LogP contribution in [0.25, 0.3) is 22.6 Å². The molecule has 26 heavy (non-hydrogen) atoms. The van der Waals surface area contributed by atoms with Gasteiger partial charge in [0.15, 0.2) is 5.76 Å². The van der Waals surface area contributed by atoms with Gasteiger partial charge in [-0.25, -0.2) is 17.9 Å². The number of halogens is 1. The van der Waals surface area contributed by atoms with Gasteiger partial charge in [0.25, 0.3) is 0 Å². The molecule has 0 unspecified atom stereocenters. The predicted octanol–water partition coefficient (Wildman–Crippen LogP) is 3.34. The van der Waals surface area contributed by atoms with Crippen LogP contribution in [0.3, 0.4) is 0 Å². The molecule has 1 heterocycles. The largest absolute Gasteiger partial charge is 0.356 e. The fourth-order valence-corrected chi connectivity index (χ4v) is 5.07. The van der Waals surface area contributed by atoms with Crippen LogP contribution in [0.5, 0.6) is 0 Å². The first-order valence-electron chi connectivity index (χ1n) is 7.97. The van der Waals surface area contributed by atoms with Crippen LogP contribution < -0.4 is 10.3 Å². The first kappa shape index (κ1) is 18.5. The highest BCUT2D eigenvalue weighted by Crippen LogP contribution is 2.28. The van der Waals surface area contributed by atoms with Crippen molar-refractivity contribution in [2.24, 2.45) is 5.14 Å². The molecule has 0 amide bonds. The highest BCUT2D eigenvalue weighted by Gasteiger charge is 2.30. The Morgan fingerprint density at radius 3 is 2.00 bits per heavy atom. The molecule has 0 atom stereocenters. The van der Waals surface area contributed by atoms with Crippen LogP contribution in [0.15, 0.2) is 57.9 Å². The molecule has 0 aliphatic heterocycles. The van der Waals surface area contributed by atoms with E-state index in [4.69, 9.17) is 9.66 Å². The summed E-state index contributed by atoms with van der Waals surface area (Å²) < 4.78 is 41.8. The number of hydrogen-bond donors (Lipinski definition) is 1. The van der Waals surface area contributed by atoms with Gasteiger partial charge in [-0.05, 0) is 48.5 Å². The second-order valence-electron chi connectivity index (χ2n) is 7.06. The molecule has 0 aliphatic carbocycles. The van der Waals surface area contributed by atoms with Crippen molar-refractivity contribution in [3.63, 3.8) is 0 Å². The molecule has 3 rings (SSSR count). The van der Waals surface area contributed by atoms with Crippen molar-refractivity contribution in [3.05, 3.63) is 54.3 Å². The van der Waals surface area contributed by atoms with Crippen LogP contribution in [0, 0.1) is 5.82 Å². The third kappa shape index (κ3) is 3.62. The highest BCUT2D eigenvalue weighted by molar-refractivity contribution is 7.89. The molecule has 136 valence electrons. The summed E-state index contributed by atoms with van der Waals surface area (Å²) in [5, 5.41) is 10.4. The zero-order valence-electron chi connectivity index (χ0n) is 14.7. The zero-order chi connectivity index (χ0) is 19.1. The SMILES string of the molecule is C[Si](C)(C)c1c(-c2ccc(F)cc2)noc1-c1ccc(S(N)(=O)=O)cc1. The van der Waals surface area contributed by atoms with E-state index in [1.165, 1.54) is 24.3 Å². The van der Waals surface area contributed by atoms with Crippen LogP contribution in [0.4, 0.5) is 4.39 Å². The third-order valence-corrected chi connectivity index (χ3v) is 6.90. The lowest BCUT2D eigenvalue weighted by atomic mass is 10.1. The van der Waals surface area contributed by atoms with E-state index in [9.17, 15) is 12.8 Å². The van der Waals surface area contributed by atoms with E-state index in [2.05, 4.69) is 24.8 Å². The predicted molar refractivity (Wildman–Crippen MR) is 102 cm³/mol. The summed E-state index contributed by atoms with van der Waals surface area (Å²) in [4.78, 5) is 0.0362. The Balaban J connectivity index is 2.15. The first-order valence-corrected chi connectivity index (χ1v) is 13.0. The van der Waals surface area contributed by atoms with Crippen molar-refractivity contribution in [2.75, 3.05) is 0 Å². The summed E-state index contributed by atoms with van der Waals surface area (Å²) in [7, 11) is -5.65. The number of primary sulfonamides is 1. The lowest BCUT2D eigenvalue weighted by Gasteiger charge is -2.17. The monoisotopic (exact) mass is 390 g/mol. The molecule has 0 fully saturated rings. The number of sulfonamides is 1. The van der Waals surface area contributed by atoms with Crippen molar-refractivity contribution in [2.45, 2.75) is 24.5 Å². The Morgan fingerprint density at radius 2 is 1.50 bits per heavy atom. The summed E-state index contributed by atoms with van der Waals surface area (Å²) in [5.74, 6) is 0.287. The molecule has 0 bridgehead atoms. The minimum absolute atomic E-state index is 0.0362. The average molecular weight is 391 g/mol. The van der Waals surface area contributed by atoms with Crippen molar-refractivity contribution >= 4 is 23.3 Å². The zero-order valence-corrected chi connectivity index (χ0v) is 16.5. The molecule has 0 radical (unpaired) electrons. The van der Waals surface area contributed by atoms with E-state index < -0.39 is 18.1 Å². The van der Waals surface area contributed by atoms with Crippen LogP contribution >= 0.6 is 0 Å². The quantitative estimate of drug-likeness (QED) is 0.692. The van der Waals surface area contributed by atoms with Crippen LogP contribution in [-0.4, -0.2) is 21.6 Å². The summed E-state index contributed by atoms with van der Waals surface area (Å²) >= 11 is 0. The Kier molecular flexibility index (Phi) is 4.59. The van der Waals surface area contributed by atoms with Gasteiger partial charge in [-0.15, -0.1) is 0 Å². The Morgan fingerprint density at radius 1 is 0.962 bits per heavy atom. The minimum atomic E-state index is -3.76. The van der Waals surface area contributed by atoms with Gasteiger partial charge in [0.05, 0.1) is 13.0 Å². The molecule has 1 aromatic heterocycles. The minimum Gasteiger partial charge on any atom is -0.356 e. The van der Waals surface area contributed by atoms with Gasteiger partial charge in [-0.3, -0.25) is 0 Å². The second kappa shape index (κ2) is 6.46. The van der Waals surface area contributed by atoms with Crippen molar-refractivity contribution < 1.29 is 17.3 Å². The van der Waals surface area contributed by atoms with E-state index in [1.807, 2.05) is 0 Å². The normalized spacial score (nSPS) is 12.3. The maximum atomic E-state index is 13.2. The summed E-state index contributed by atoms with van der Waals surface area (Å²) in [5.41, 5.74) is 2.19. The fourth-order valence-electron chi connectivity index (χ4n) is 2.78. The molecule has 0 aliphatic rings. The number of benzene rings is 2. The Hall–Kier alpha value is -2.29. The van der Waals surface area contributed by atoms with Crippen molar-refractivity contribution in [1.29, 1.82) is 0 Å². The Bertz CT molecular complexity index is 1040. The number of nitrogens with two attached hydrogens (primary N) is 1. The van der Waals surface area contributed by atoms with Crippen molar-refractivity contribution in [1.82, 2.24) is 5.16 Å². The topological polar surface area (TPSA) is 86.2 Å². The highest BCUT2D eigenvalue weighted by atomic mass is 32.2. The summed E-state index contributed by atoms with van der Waals surface area (Å²) in [6, 6.07) is 12.3. The molecule has 2 N–H and O–H groups in total. The van der Waals surface area contributed by atoms with Gasteiger partial charge in [0.2, 0.25) is 10.0 Å². The number of rotatable bonds is 4. The van der Waals surface area contributed by atoms with Gasteiger partial charge in [-0.2, -0.15) is 0 Å². The summed E-state index contributed by atoms with van der Waals surface area (Å²) in [6.45, 7) is 6.48. The maximum absolute atomic E-state index is 13.2. The molecule has 0 saturated carbocycles. The first-order chi connectivity index (χ1) is 12.1. The number of hydrogen-bond acceptors (Lipinski definition) is 4. The lowest BCUT2D eigenvalue weighted by molar-refractivity contribution is 0.435. The standard InChI is InChI=1S/C18H19FN2O3SSi/c1-26(2,3)18-16(12-4-8-14(19)9-5-12)21-24-17(18)13-6-10-15(11-7-13)25(20,22)23/h4-11H,1-3H3,(H2,20,22,23). The fraction of sp³-hybridized carbons (Fsp3) is 0.167.